The van der Waals surface area contributed by atoms with E-state index in [-0.39, 0.29) is 22.6 Å². The molecule has 1 fully saturated rings. The van der Waals surface area contributed by atoms with Crippen molar-refractivity contribution in [3.8, 4) is 0 Å². The molecule has 0 aromatic heterocycles. The Balaban J connectivity index is 1.54. The summed E-state index contributed by atoms with van der Waals surface area (Å²) in [5.41, 5.74) is 5.58. The van der Waals surface area contributed by atoms with E-state index in [0.29, 0.717) is 11.3 Å². The number of hydrogen-bond acceptors (Lipinski definition) is 3. The van der Waals surface area contributed by atoms with Crippen molar-refractivity contribution in [1.82, 2.24) is 0 Å². The van der Waals surface area contributed by atoms with Gasteiger partial charge in [-0.05, 0) is 65.4 Å². The Bertz CT molecular complexity index is 1150. The maximum atomic E-state index is 12.8. The van der Waals surface area contributed by atoms with Gasteiger partial charge in [0.1, 0.15) is 5.37 Å². The van der Waals surface area contributed by atoms with Crippen molar-refractivity contribution >= 4 is 35.0 Å². The molecule has 2 amide bonds. The minimum Gasteiger partial charge on any atom is -0.322 e. The number of hydrogen-bond donors (Lipinski definition) is 1. The van der Waals surface area contributed by atoms with Crippen LogP contribution in [0.5, 0.6) is 0 Å². The van der Waals surface area contributed by atoms with Crippen LogP contribution in [0.2, 0.25) is 0 Å². The molecule has 0 radical (unpaired) electrons. The van der Waals surface area contributed by atoms with E-state index in [4.69, 9.17) is 0 Å². The summed E-state index contributed by atoms with van der Waals surface area (Å²) in [6.45, 7) is 8.48. The van der Waals surface area contributed by atoms with E-state index < -0.39 is 0 Å². The fourth-order valence-corrected chi connectivity index (χ4v) is 4.99. The van der Waals surface area contributed by atoms with Gasteiger partial charge >= 0.3 is 0 Å². The van der Waals surface area contributed by atoms with Crippen LogP contribution >= 0.6 is 11.8 Å². The highest BCUT2D eigenvalue weighted by atomic mass is 32.2. The van der Waals surface area contributed by atoms with Crippen LogP contribution < -0.4 is 10.2 Å². The second-order valence-electron chi connectivity index (χ2n) is 9.17. The predicted octanol–water partition coefficient (Wildman–Crippen LogP) is 6.32. The van der Waals surface area contributed by atoms with Gasteiger partial charge in [-0.1, -0.05) is 57.2 Å². The number of carbonyl (C=O) groups excluding carboxylic acids is 2. The average molecular weight is 445 g/mol. The maximum Gasteiger partial charge on any atom is 0.255 e. The fourth-order valence-electron chi connectivity index (χ4n) is 3.82. The van der Waals surface area contributed by atoms with Gasteiger partial charge in [-0.15, -0.1) is 11.8 Å². The van der Waals surface area contributed by atoms with Crippen molar-refractivity contribution in [2.24, 2.45) is 0 Å². The molecule has 1 saturated heterocycles. The number of nitrogens with one attached hydrogen (secondary N) is 1. The zero-order valence-corrected chi connectivity index (χ0v) is 19.7. The van der Waals surface area contributed by atoms with Gasteiger partial charge in [0.2, 0.25) is 5.91 Å². The molecule has 1 aliphatic heterocycles. The lowest BCUT2D eigenvalue weighted by atomic mass is 9.87. The highest BCUT2D eigenvalue weighted by Gasteiger charge is 2.34. The lowest BCUT2D eigenvalue weighted by molar-refractivity contribution is -0.115. The van der Waals surface area contributed by atoms with E-state index in [1.165, 1.54) is 5.56 Å². The summed E-state index contributed by atoms with van der Waals surface area (Å²) in [5, 5.41) is 2.89. The number of aryl methyl sites for hydroxylation is 1. The number of rotatable bonds is 4. The van der Waals surface area contributed by atoms with Crippen LogP contribution in [0.15, 0.2) is 72.8 Å². The second kappa shape index (κ2) is 8.83. The summed E-state index contributed by atoms with van der Waals surface area (Å²) in [6, 6.07) is 23.5. The molecule has 3 aromatic rings. The lowest BCUT2D eigenvalue weighted by Gasteiger charge is -2.25. The van der Waals surface area contributed by atoms with Crippen molar-refractivity contribution in [2.75, 3.05) is 16.0 Å². The number of anilines is 2. The molecule has 1 atom stereocenters. The normalized spacial score (nSPS) is 16.3. The molecule has 4 nitrogen and oxygen atoms in total. The molecule has 0 saturated carbocycles. The molecule has 0 spiro atoms. The van der Waals surface area contributed by atoms with Crippen LogP contribution in [0.25, 0.3) is 0 Å². The van der Waals surface area contributed by atoms with Crippen LogP contribution in [0.1, 0.15) is 53.2 Å². The van der Waals surface area contributed by atoms with Crippen molar-refractivity contribution < 1.29 is 9.59 Å². The first-order chi connectivity index (χ1) is 15.2. The zero-order chi connectivity index (χ0) is 22.9. The Kier molecular flexibility index (Phi) is 6.11. The van der Waals surface area contributed by atoms with E-state index in [1.807, 2.05) is 84.6 Å². The van der Waals surface area contributed by atoms with Gasteiger partial charge in [0.15, 0.2) is 0 Å². The number of amides is 2. The van der Waals surface area contributed by atoms with E-state index >= 15 is 0 Å². The summed E-state index contributed by atoms with van der Waals surface area (Å²) in [6.07, 6.45) is 0. The molecular formula is C27H28N2O2S. The van der Waals surface area contributed by atoms with Gasteiger partial charge in [-0.25, -0.2) is 0 Å². The Morgan fingerprint density at radius 2 is 1.72 bits per heavy atom. The minimum atomic E-state index is -0.145. The van der Waals surface area contributed by atoms with Gasteiger partial charge < -0.3 is 5.32 Å². The summed E-state index contributed by atoms with van der Waals surface area (Å²) in [4.78, 5) is 27.3. The van der Waals surface area contributed by atoms with Crippen molar-refractivity contribution in [3.63, 3.8) is 0 Å². The molecule has 1 N–H and O–H groups in total. The lowest BCUT2D eigenvalue weighted by Crippen LogP contribution is -2.27. The Morgan fingerprint density at radius 1 is 1.00 bits per heavy atom. The Hall–Kier alpha value is -3.05. The molecular weight excluding hydrogens is 416 g/mol. The fraction of sp³-hybridized carbons (Fsp3) is 0.259. The van der Waals surface area contributed by atoms with Gasteiger partial charge in [0, 0.05) is 16.9 Å². The van der Waals surface area contributed by atoms with E-state index in [2.05, 4.69) is 26.1 Å². The van der Waals surface area contributed by atoms with Crippen LogP contribution in [-0.4, -0.2) is 17.6 Å². The molecule has 1 unspecified atom stereocenters. The number of nitrogens with zero attached hydrogens (tertiary/aromatic N) is 1. The predicted molar refractivity (Wildman–Crippen MR) is 133 cm³/mol. The first kappa shape index (κ1) is 22.2. The van der Waals surface area contributed by atoms with Crippen LogP contribution in [0, 0.1) is 6.92 Å². The van der Waals surface area contributed by atoms with Crippen LogP contribution in [0.4, 0.5) is 11.4 Å². The van der Waals surface area contributed by atoms with Crippen molar-refractivity contribution in [3.05, 3.63) is 95.1 Å². The Labute approximate surface area is 194 Å². The average Bonchev–Trinajstić information content (AvgIpc) is 3.15. The molecule has 0 aliphatic carbocycles. The zero-order valence-electron chi connectivity index (χ0n) is 18.9. The topological polar surface area (TPSA) is 49.4 Å². The molecule has 0 bridgehead atoms. The quantitative estimate of drug-likeness (QED) is 0.512. The first-order valence-corrected chi connectivity index (χ1v) is 11.8. The largest absolute Gasteiger partial charge is 0.322 e. The van der Waals surface area contributed by atoms with Gasteiger partial charge in [-0.3, -0.25) is 14.5 Å². The third-order valence-corrected chi connectivity index (χ3v) is 6.80. The smallest absolute Gasteiger partial charge is 0.255 e. The number of benzene rings is 3. The third-order valence-electron chi connectivity index (χ3n) is 5.59. The van der Waals surface area contributed by atoms with E-state index in [1.54, 1.807) is 11.8 Å². The van der Waals surface area contributed by atoms with Gasteiger partial charge in [-0.2, -0.15) is 0 Å². The summed E-state index contributed by atoms with van der Waals surface area (Å²) in [5.74, 6) is 0.391. The monoisotopic (exact) mass is 444 g/mol. The summed E-state index contributed by atoms with van der Waals surface area (Å²) in [7, 11) is 0. The van der Waals surface area contributed by atoms with Crippen molar-refractivity contribution in [2.45, 2.75) is 38.5 Å². The number of thioether (sulfide) groups is 1. The third kappa shape index (κ3) is 4.73. The molecule has 164 valence electrons. The van der Waals surface area contributed by atoms with Crippen LogP contribution in [0.3, 0.4) is 0 Å². The first-order valence-electron chi connectivity index (χ1n) is 10.7. The van der Waals surface area contributed by atoms with Gasteiger partial charge in [0.05, 0.1) is 5.75 Å². The van der Waals surface area contributed by atoms with Crippen molar-refractivity contribution in [1.29, 1.82) is 0 Å². The molecule has 1 aliphatic rings. The Morgan fingerprint density at radius 3 is 2.41 bits per heavy atom. The van der Waals surface area contributed by atoms with Gasteiger partial charge in [0.25, 0.3) is 5.91 Å². The molecule has 1 heterocycles. The maximum absolute atomic E-state index is 12.8. The molecule has 4 rings (SSSR count). The van der Waals surface area contributed by atoms with E-state index in [9.17, 15) is 9.59 Å². The SMILES string of the molecule is Cc1cccc(N2C(=O)CSC2c2cccc(NC(=O)c3ccc(C(C)(C)C)cc3)c2)c1. The highest BCUT2D eigenvalue weighted by molar-refractivity contribution is 8.00. The number of carbonyl (C=O) groups is 2. The molecule has 3 aromatic carbocycles. The summed E-state index contributed by atoms with van der Waals surface area (Å²) >= 11 is 1.60. The highest BCUT2D eigenvalue weighted by Crippen LogP contribution is 2.42. The second-order valence-corrected chi connectivity index (χ2v) is 10.2. The molecule has 5 heteroatoms. The summed E-state index contributed by atoms with van der Waals surface area (Å²) < 4.78 is 0. The minimum absolute atomic E-state index is 0.0445. The van der Waals surface area contributed by atoms with E-state index in [0.717, 1.165) is 22.5 Å². The van der Waals surface area contributed by atoms with Crippen LogP contribution in [-0.2, 0) is 10.2 Å². The standard InChI is InChI=1S/C27H28N2O2S/c1-18-7-5-10-23(15-18)29-24(30)17-32-26(29)20-8-6-9-22(16-20)28-25(31)19-11-13-21(14-12-19)27(2,3)4/h5-16,26H,17H2,1-4H3,(H,28,31). The molecule has 32 heavy (non-hydrogen) atoms.